The van der Waals surface area contributed by atoms with Gasteiger partial charge in [0.25, 0.3) is 0 Å². The highest BCUT2D eigenvalue weighted by molar-refractivity contribution is 6.34. The molecule has 0 saturated carbocycles. The van der Waals surface area contributed by atoms with Gasteiger partial charge in [0.1, 0.15) is 0 Å². The lowest BCUT2D eigenvalue weighted by atomic mass is 9.88. The summed E-state index contributed by atoms with van der Waals surface area (Å²) in [6.45, 7) is 0. The highest BCUT2D eigenvalue weighted by atomic mass is 16.2. The number of primary amides is 1. The first-order valence-electron chi connectivity index (χ1n) is 7.06. The fourth-order valence-corrected chi connectivity index (χ4v) is 2.22. The standard InChI is InChI=1S/C17H17N3O3/c18-16(22)17(23)20-19-15(21)11-14(12-7-3-1-4-8-12)13-9-5-2-6-10-13/h1-10,14H,11H2,(H2,18,22)(H,19,21)(H,20,23). The van der Waals surface area contributed by atoms with Gasteiger partial charge in [-0.05, 0) is 11.1 Å². The number of hydrogen-bond acceptors (Lipinski definition) is 3. The number of carbonyl (C=O) groups excluding carboxylic acids is 3. The molecule has 0 aromatic heterocycles. The topological polar surface area (TPSA) is 101 Å². The van der Waals surface area contributed by atoms with E-state index in [0.29, 0.717) is 0 Å². The summed E-state index contributed by atoms with van der Waals surface area (Å²) in [4.78, 5) is 33.8. The van der Waals surface area contributed by atoms with E-state index in [1.807, 2.05) is 66.1 Å². The molecule has 3 amide bonds. The molecule has 0 spiro atoms. The minimum atomic E-state index is -1.16. The first kappa shape index (κ1) is 16.2. The van der Waals surface area contributed by atoms with Crippen LogP contribution in [0.15, 0.2) is 60.7 Å². The summed E-state index contributed by atoms with van der Waals surface area (Å²) in [5, 5.41) is 0. The third-order valence-corrected chi connectivity index (χ3v) is 3.33. The molecule has 0 fully saturated rings. The van der Waals surface area contributed by atoms with Gasteiger partial charge in [-0.2, -0.15) is 0 Å². The van der Waals surface area contributed by atoms with Gasteiger partial charge in [-0.25, -0.2) is 0 Å². The van der Waals surface area contributed by atoms with E-state index in [4.69, 9.17) is 5.73 Å². The monoisotopic (exact) mass is 311 g/mol. The Morgan fingerprint density at radius 1 is 0.826 bits per heavy atom. The highest BCUT2D eigenvalue weighted by Crippen LogP contribution is 2.27. The van der Waals surface area contributed by atoms with Crippen LogP contribution in [0, 0.1) is 0 Å². The normalized spacial score (nSPS) is 10.1. The zero-order valence-electron chi connectivity index (χ0n) is 12.4. The van der Waals surface area contributed by atoms with Crippen molar-refractivity contribution in [3.63, 3.8) is 0 Å². The van der Waals surface area contributed by atoms with Gasteiger partial charge < -0.3 is 5.73 Å². The van der Waals surface area contributed by atoms with Crippen molar-refractivity contribution in [2.45, 2.75) is 12.3 Å². The van der Waals surface area contributed by atoms with Crippen molar-refractivity contribution < 1.29 is 14.4 Å². The average molecular weight is 311 g/mol. The van der Waals surface area contributed by atoms with E-state index >= 15 is 0 Å². The first-order chi connectivity index (χ1) is 11.1. The van der Waals surface area contributed by atoms with E-state index in [0.717, 1.165) is 11.1 Å². The molecule has 0 atom stereocenters. The molecule has 2 rings (SSSR count). The van der Waals surface area contributed by atoms with Crippen LogP contribution in [0.2, 0.25) is 0 Å². The molecule has 0 unspecified atom stereocenters. The number of hydrazine groups is 1. The molecule has 0 saturated heterocycles. The van der Waals surface area contributed by atoms with E-state index in [-0.39, 0.29) is 12.3 Å². The zero-order chi connectivity index (χ0) is 16.7. The Hall–Kier alpha value is -3.15. The fourth-order valence-electron chi connectivity index (χ4n) is 2.22. The lowest BCUT2D eigenvalue weighted by Gasteiger charge is -2.17. The molecule has 0 heterocycles. The lowest BCUT2D eigenvalue weighted by molar-refractivity contribution is -0.139. The molecule has 6 nitrogen and oxygen atoms in total. The van der Waals surface area contributed by atoms with Crippen LogP contribution in [0.25, 0.3) is 0 Å². The van der Waals surface area contributed by atoms with Gasteiger partial charge in [-0.3, -0.25) is 25.2 Å². The number of rotatable bonds is 4. The van der Waals surface area contributed by atoms with Crippen LogP contribution in [0.4, 0.5) is 0 Å². The van der Waals surface area contributed by atoms with Crippen molar-refractivity contribution >= 4 is 17.7 Å². The zero-order valence-corrected chi connectivity index (χ0v) is 12.4. The minimum Gasteiger partial charge on any atom is -0.361 e. The maximum Gasteiger partial charge on any atom is 0.327 e. The molecule has 0 aliphatic heterocycles. The van der Waals surface area contributed by atoms with Crippen LogP contribution in [0.5, 0.6) is 0 Å². The van der Waals surface area contributed by atoms with E-state index < -0.39 is 17.7 Å². The maximum absolute atomic E-state index is 12.0. The highest BCUT2D eigenvalue weighted by Gasteiger charge is 2.18. The van der Waals surface area contributed by atoms with E-state index in [1.165, 1.54) is 0 Å². The summed E-state index contributed by atoms with van der Waals surface area (Å²) in [5.74, 6) is -2.80. The third kappa shape index (κ3) is 4.67. The van der Waals surface area contributed by atoms with E-state index in [2.05, 4.69) is 5.43 Å². The Balaban J connectivity index is 2.11. The Morgan fingerprint density at radius 2 is 1.30 bits per heavy atom. The predicted octanol–water partition coefficient (Wildman–Crippen LogP) is 0.841. The molecule has 0 bridgehead atoms. The smallest absolute Gasteiger partial charge is 0.327 e. The summed E-state index contributed by atoms with van der Waals surface area (Å²) < 4.78 is 0. The number of amides is 3. The summed E-state index contributed by atoms with van der Waals surface area (Å²) in [6, 6.07) is 19.2. The molecule has 23 heavy (non-hydrogen) atoms. The second kappa shape index (κ2) is 7.74. The Kier molecular flexibility index (Phi) is 5.46. The van der Waals surface area contributed by atoms with Gasteiger partial charge >= 0.3 is 11.8 Å². The van der Waals surface area contributed by atoms with Gasteiger partial charge in [-0.1, -0.05) is 60.7 Å². The van der Waals surface area contributed by atoms with Crippen LogP contribution in [-0.4, -0.2) is 17.7 Å². The van der Waals surface area contributed by atoms with Crippen molar-refractivity contribution in [2.24, 2.45) is 5.73 Å². The largest absolute Gasteiger partial charge is 0.361 e. The van der Waals surface area contributed by atoms with Gasteiger partial charge in [0.05, 0.1) is 0 Å². The molecular weight excluding hydrogens is 294 g/mol. The molecule has 2 aromatic carbocycles. The number of carbonyl (C=O) groups is 3. The van der Waals surface area contributed by atoms with Gasteiger partial charge in [0.2, 0.25) is 5.91 Å². The molecular formula is C17H17N3O3. The minimum absolute atomic E-state index is 0.118. The number of hydrogen-bond donors (Lipinski definition) is 3. The lowest BCUT2D eigenvalue weighted by Crippen LogP contribution is -2.47. The first-order valence-corrected chi connectivity index (χ1v) is 7.06. The number of nitrogens with one attached hydrogen (secondary N) is 2. The Morgan fingerprint density at radius 3 is 1.74 bits per heavy atom. The van der Waals surface area contributed by atoms with Gasteiger partial charge in [0.15, 0.2) is 0 Å². The SMILES string of the molecule is NC(=O)C(=O)NNC(=O)CC(c1ccccc1)c1ccccc1. The molecule has 6 heteroatoms. The summed E-state index contributed by atoms with van der Waals surface area (Å²) in [6.07, 6.45) is 0.118. The summed E-state index contributed by atoms with van der Waals surface area (Å²) in [5.41, 5.74) is 10.9. The maximum atomic E-state index is 12.0. The fraction of sp³-hybridized carbons (Fsp3) is 0.118. The summed E-state index contributed by atoms with van der Waals surface area (Å²) in [7, 11) is 0. The Bertz CT molecular complexity index is 647. The predicted molar refractivity (Wildman–Crippen MR) is 84.8 cm³/mol. The quantitative estimate of drug-likeness (QED) is 0.576. The molecule has 0 aliphatic carbocycles. The van der Waals surface area contributed by atoms with Crippen molar-refractivity contribution in [3.8, 4) is 0 Å². The van der Waals surface area contributed by atoms with Gasteiger partial charge in [-0.15, -0.1) is 0 Å². The van der Waals surface area contributed by atoms with Crippen LogP contribution >= 0.6 is 0 Å². The molecule has 0 aliphatic rings. The van der Waals surface area contributed by atoms with E-state index in [1.54, 1.807) is 0 Å². The second-order valence-corrected chi connectivity index (χ2v) is 4.94. The van der Waals surface area contributed by atoms with Crippen molar-refractivity contribution in [2.75, 3.05) is 0 Å². The number of benzene rings is 2. The van der Waals surface area contributed by atoms with Crippen molar-refractivity contribution in [3.05, 3.63) is 71.8 Å². The number of nitrogens with two attached hydrogens (primary N) is 1. The second-order valence-electron chi connectivity index (χ2n) is 4.94. The van der Waals surface area contributed by atoms with Crippen LogP contribution in [-0.2, 0) is 14.4 Å². The van der Waals surface area contributed by atoms with Crippen LogP contribution < -0.4 is 16.6 Å². The van der Waals surface area contributed by atoms with Crippen LogP contribution in [0.1, 0.15) is 23.5 Å². The molecule has 118 valence electrons. The van der Waals surface area contributed by atoms with Crippen LogP contribution in [0.3, 0.4) is 0 Å². The van der Waals surface area contributed by atoms with Crippen molar-refractivity contribution in [1.82, 2.24) is 10.9 Å². The molecule has 0 radical (unpaired) electrons. The molecule has 4 N–H and O–H groups in total. The summed E-state index contributed by atoms with van der Waals surface area (Å²) >= 11 is 0. The average Bonchev–Trinajstić information content (AvgIpc) is 2.59. The Labute approximate surface area is 133 Å². The third-order valence-electron chi connectivity index (χ3n) is 3.33. The molecule has 2 aromatic rings. The van der Waals surface area contributed by atoms with E-state index in [9.17, 15) is 14.4 Å². The van der Waals surface area contributed by atoms with Gasteiger partial charge in [0, 0.05) is 12.3 Å². The van der Waals surface area contributed by atoms with Crippen molar-refractivity contribution in [1.29, 1.82) is 0 Å².